The number of rotatable bonds is 4. The molecule has 1 N–H and O–H groups in total. The first-order valence-corrected chi connectivity index (χ1v) is 4.48. The van der Waals surface area contributed by atoms with Crippen molar-refractivity contribution >= 4 is 6.09 Å². The van der Waals surface area contributed by atoms with Crippen molar-refractivity contribution in [3.05, 3.63) is 0 Å². The average Bonchev–Trinajstić information content (AvgIpc) is 1.94. The van der Waals surface area contributed by atoms with Crippen LogP contribution in [0.25, 0.3) is 0 Å². The highest BCUT2D eigenvalue weighted by Crippen LogP contribution is 2.06. The summed E-state index contributed by atoms with van der Waals surface area (Å²) in [6.07, 6.45) is 0.692. The molecule has 1 amide bonds. The summed E-state index contributed by atoms with van der Waals surface area (Å²) in [5.41, 5.74) is -0.468. The molecule has 78 valence electrons. The Morgan fingerprint density at radius 2 is 2.00 bits per heavy atom. The van der Waals surface area contributed by atoms with Gasteiger partial charge < -0.3 is 10.1 Å². The number of ether oxygens (including phenoxy) is 1. The van der Waals surface area contributed by atoms with E-state index in [1.807, 2.05) is 0 Å². The van der Waals surface area contributed by atoms with Gasteiger partial charge in [-0.1, -0.05) is 0 Å². The third-order valence-electron chi connectivity index (χ3n) is 1.23. The summed E-state index contributed by atoms with van der Waals surface area (Å²) in [6.45, 7) is 5.53. The Morgan fingerprint density at radius 3 is 2.46 bits per heavy atom. The van der Waals surface area contributed by atoms with Gasteiger partial charge in [0.15, 0.2) is 0 Å². The first-order valence-electron chi connectivity index (χ1n) is 4.48. The Balaban J connectivity index is 3.41. The van der Waals surface area contributed by atoms with E-state index in [4.69, 9.17) is 4.74 Å². The smallest absolute Gasteiger partial charge is 0.407 e. The lowest BCUT2D eigenvalue weighted by molar-refractivity contribution is 0.0526. The number of alkyl halides is 1. The van der Waals surface area contributed by atoms with Crippen molar-refractivity contribution in [1.29, 1.82) is 0 Å². The van der Waals surface area contributed by atoms with E-state index in [1.165, 1.54) is 0 Å². The normalized spacial score (nSPS) is 11.1. The molecule has 0 radical (unpaired) electrons. The van der Waals surface area contributed by atoms with Crippen LogP contribution in [0.5, 0.6) is 0 Å². The number of carbonyl (C=O) groups excluding carboxylic acids is 1. The van der Waals surface area contributed by atoms with Gasteiger partial charge in [0.2, 0.25) is 0 Å². The fourth-order valence-electron chi connectivity index (χ4n) is 0.724. The SMILES string of the molecule is CC(C)(C)OC(=O)NCCCCF. The molecule has 0 aromatic carbocycles. The summed E-state index contributed by atoms with van der Waals surface area (Å²) in [7, 11) is 0. The van der Waals surface area contributed by atoms with Crippen LogP contribution in [-0.2, 0) is 4.74 Å². The van der Waals surface area contributed by atoms with Crippen molar-refractivity contribution in [2.75, 3.05) is 13.2 Å². The van der Waals surface area contributed by atoms with Gasteiger partial charge in [-0.2, -0.15) is 0 Å². The molecule has 0 atom stereocenters. The van der Waals surface area contributed by atoms with Gasteiger partial charge in [0.05, 0.1) is 6.67 Å². The molecule has 0 spiro atoms. The van der Waals surface area contributed by atoms with Gasteiger partial charge in [-0.15, -0.1) is 0 Å². The third kappa shape index (κ3) is 9.11. The standard InChI is InChI=1S/C9H18FNO2/c1-9(2,3)13-8(12)11-7-5-4-6-10/h4-7H2,1-3H3,(H,11,12). The topological polar surface area (TPSA) is 38.3 Å². The summed E-state index contributed by atoms with van der Waals surface area (Å²) < 4.78 is 16.6. The monoisotopic (exact) mass is 191 g/mol. The van der Waals surface area contributed by atoms with E-state index in [-0.39, 0.29) is 6.67 Å². The van der Waals surface area contributed by atoms with Gasteiger partial charge in [0, 0.05) is 6.54 Å². The molecule has 0 aliphatic heterocycles. The molecular formula is C9H18FNO2. The van der Waals surface area contributed by atoms with Gasteiger partial charge in [-0.25, -0.2) is 4.79 Å². The Hall–Kier alpha value is -0.800. The predicted molar refractivity (Wildman–Crippen MR) is 49.4 cm³/mol. The first kappa shape index (κ1) is 12.2. The summed E-state index contributed by atoms with van der Waals surface area (Å²) in [6, 6.07) is 0. The van der Waals surface area contributed by atoms with Crippen molar-refractivity contribution in [3.63, 3.8) is 0 Å². The number of carbonyl (C=O) groups is 1. The van der Waals surface area contributed by atoms with Crippen LogP contribution in [0.2, 0.25) is 0 Å². The van der Waals surface area contributed by atoms with Crippen LogP contribution in [0, 0.1) is 0 Å². The fourth-order valence-corrected chi connectivity index (χ4v) is 0.724. The molecule has 0 saturated heterocycles. The van der Waals surface area contributed by atoms with Crippen LogP contribution >= 0.6 is 0 Å². The van der Waals surface area contributed by atoms with Crippen LogP contribution in [0.15, 0.2) is 0 Å². The minimum Gasteiger partial charge on any atom is -0.444 e. The highest BCUT2D eigenvalue weighted by Gasteiger charge is 2.15. The second kappa shape index (κ2) is 5.78. The molecule has 0 aliphatic rings. The maximum atomic E-state index is 11.6. The number of nitrogens with one attached hydrogen (secondary N) is 1. The van der Waals surface area contributed by atoms with Gasteiger partial charge in [-0.05, 0) is 33.6 Å². The van der Waals surface area contributed by atoms with E-state index in [0.717, 1.165) is 0 Å². The molecule has 4 heteroatoms. The number of halogens is 1. The van der Waals surface area contributed by atoms with E-state index >= 15 is 0 Å². The fraction of sp³-hybridized carbons (Fsp3) is 0.889. The number of unbranched alkanes of at least 4 members (excludes halogenated alkanes) is 1. The predicted octanol–water partition coefficient (Wildman–Crippen LogP) is 2.26. The maximum absolute atomic E-state index is 11.6. The quantitative estimate of drug-likeness (QED) is 0.692. The first-order chi connectivity index (χ1) is 5.95. The second-order valence-electron chi connectivity index (χ2n) is 3.82. The second-order valence-corrected chi connectivity index (χ2v) is 3.82. The van der Waals surface area contributed by atoms with E-state index < -0.39 is 11.7 Å². The van der Waals surface area contributed by atoms with Crippen molar-refractivity contribution in [1.82, 2.24) is 5.32 Å². The van der Waals surface area contributed by atoms with Gasteiger partial charge >= 0.3 is 6.09 Å². The number of alkyl carbamates (subject to hydrolysis) is 1. The molecule has 0 fully saturated rings. The number of amides is 1. The zero-order valence-electron chi connectivity index (χ0n) is 8.52. The Bertz CT molecular complexity index is 154. The van der Waals surface area contributed by atoms with Crippen LogP contribution in [-0.4, -0.2) is 24.9 Å². The minimum absolute atomic E-state index is 0.337. The molecule has 0 aromatic heterocycles. The van der Waals surface area contributed by atoms with Crippen molar-refractivity contribution in [2.45, 2.75) is 39.2 Å². The summed E-state index contributed by atoms with van der Waals surface area (Å²) in [5, 5.41) is 2.55. The molecule has 0 unspecified atom stereocenters. The lowest BCUT2D eigenvalue weighted by Crippen LogP contribution is -2.33. The van der Waals surface area contributed by atoms with Gasteiger partial charge in [-0.3, -0.25) is 4.39 Å². The van der Waals surface area contributed by atoms with Gasteiger partial charge in [0.25, 0.3) is 0 Å². The highest BCUT2D eigenvalue weighted by molar-refractivity contribution is 5.67. The molecule has 3 nitrogen and oxygen atoms in total. The van der Waals surface area contributed by atoms with Gasteiger partial charge in [0.1, 0.15) is 5.60 Å². The Morgan fingerprint density at radius 1 is 1.38 bits per heavy atom. The maximum Gasteiger partial charge on any atom is 0.407 e. The molecule has 0 heterocycles. The molecule has 0 aromatic rings. The van der Waals surface area contributed by atoms with Crippen molar-refractivity contribution < 1.29 is 13.9 Å². The zero-order chi connectivity index (χ0) is 10.3. The van der Waals surface area contributed by atoms with Crippen LogP contribution < -0.4 is 5.32 Å². The van der Waals surface area contributed by atoms with Crippen molar-refractivity contribution in [2.24, 2.45) is 0 Å². The Kier molecular flexibility index (Phi) is 5.42. The molecular weight excluding hydrogens is 173 g/mol. The minimum atomic E-state index is -0.468. The van der Waals surface area contributed by atoms with Crippen LogP contribution in [0.3, 0.4) is 0 Å². The average molecular weight is 191 g/mol. The zero-order valence-corrected chi connectivity index (χ0v) is 8.52. The lowest BCUT2D eigenvalue weighted by atomic mass is 10.2. The number of hydrogen-bond donors (Lipinski definition) is 1. The summed E-state index contributed by atoms with van der Waals surface area (Å²) in [4.78, 5) is 11.0. The van der Waals surface area contributed by atoms with Crippen LogP contribution in [0.1, 0.15) is 33.6 Å². The molecule has 13 heavy (non-hydrogen) atoms. The molecule has 0 aliphatic carbocycles. The Labute approximate surface area is 78.6 Å². The van der Waals surface area contributed by atoms with E-state index in [0.29, 0.717) is 19.4 Å². The molecule has 0 rings (SSSR count). The van der Waals surface area contributed by atoms with E-state index in [1.54, 1.807) is 20.8 Å². The highest BCUT2D eigenvalue weighted by atomic mass is 19.1. The third-order valence-corrected chi connectivity index (χ3v) is 1.23. The summed E-state index contributed by atoms with van der Waals surface area (Å²) in [5.74, 6) is 0. The van der Waals surface area contributed by atoms with E-state index in [9.17, 15) is 9.18 Å². The lowest BCUT2D eigenvalue weighted by Gasteiger charge is -2.19. The summed E-state index contributed by atoms with van der Waals surface area (Å²) >= 11 is 0. The molecule has 0 bridgehead atoms. The number of hydrogen-bond acceptors (Lipinski definition) is 2. The van der Waals surface area contributed by atoms with Crippen molar-refractivity contribution in [3.8, 4) is 0 Å². The largest absolute Gasteiger partial charge is 0.444 e. The van der Waals surface area contributed by atoms with Crippen LogP contribution in [0.4, 0.5) is 9.18 Å². The molecule has 0 saturated carbocycles. The van der Waals surface area contributed by atoms with E-state index in [2.05, 4.69) is 5.32 Å².